The van der Waals surface area contributed by atoms with Gasteiger partial charge in [-0.3, -0.25) is 0 Å². The van der Waals surface area contributed by atoms with E-state index in [2.05, 4.69) is 9.97 Å². The first kappa shape index (κ1) is 16.0. The molecule has 7 nitrogen and oxygen atoms in total. The Bertz CT molecular complexity index is 946. The van der Waals surface area contributed by atoms with Crippen molar-refractivity contribution in [3.8, 4) is 40.1 Å². The van der Waals surface area contributed by atoms with Crippen LogP contribution in [0.3, 0.4) is 0 Å². The first-order valence-corrected chi connectivity index (χ1v) is 8.07. The summed E-state index contributed by atoms with van der Waals surface area (Å²) in [4.78, 5) is 8.45. The lowest BCUT2D eigenvalue weighted by Gasteiger charge is -2.19. The van der Waals surface area contributed by atoms with Crippen molar-refractivity contribution >= 4 is 5.69 Å². The maximum Gasteiger partial charge on any atom is 0.246 e. The van der Waals surface area contributed by atoms with E-state index in [4.69, 9.17) is 24.7 Å². The van der Waals surface area contributed by atoms with E-state index in [1.54, 1.807) is 19.2 Å². The van der Waals surface area contributed by atoms with E-state index < -0.39 is 0 Å². The molecule has 0 spiro atoms. The van der Waals surface area contributed by atoms with Gasteiger partial charge in [0.2, 0.25) is 5.88 Å². The number of nitrogen functional groups attached to an aromatic ring is 1. The summed E-state index contributed by atoms with van der Waals surface area (Å²) in [7, 11) is 1.58. The predicted molar refractivity (Wildman–Crippen MR) is 95.9 cm³/mol. The third kappa shape index (κ3) is 2.95. The maximum absolute atomic E-state index is 6.27. The van der Waals surface area contributed by atoms with Crippen molar-refractivity contribution in [3.63, 3.8) is 0 Å². The molecule has 7 heteroatoms. The molecule has 132 valence electrons. The number of nitrogens with zero attached hydrogens (tertiary/aromatic N) is 2. The molecular formula is C19H17N3O4. The second-order valence-electron chi connectivity index (χ2n) is 5.55. The first-order valence-electron chi connectivity index (χ1n) is 8.07. The Labute approximate surface area is 150 Å². The highest BCUT2D eigenvalue weighted by molar-refractivity contribution is 5.77. The minimum Gasteiger partial charge on any atom is -0.493 e. The lowest BCUT2D eigenvalue weighted by molar-refractivity contribution is 0.171. The number of aromatic nitrogens is 2. The van der Waals surface area contributed by atoms with Crippen LogP contribution < -0.4 is 24.7 Å². The molecule has 4 rings (SSSR count). The van der Waals surface area contributed by atoms with Gasteiger partial charge in [-0.15, -0.1) is 0 Å². The van der Waals surface area contributed by atoms with Crippen LogP contribution in [0.2, 0.25) is 0 Å². The van der Waals surface area contributed by atoms with Gasteiger partial charge in [0.05, 0.1) is 7.11 Å². The van der Waals surface area contributed by atoms with E-state index in [0.29, 0.717) is 47.6 Å². The van der Waals surface area contributed by atoms with Crippen molar-refractivity contribution in [1.29, 1.82) is 0 Å². The van der Waals surface area contributed by atoms with Crippen molar-refractivity contribution < 1.29 is 18.9 Å². The highest BCUT2D eigenvalue weighted by Gasteiger charge is 2.17. The second kappa shape index (κ2) is 6.79. The number of para-hydroxylation sites is 2. The van der Waals surface area contributed by atoms with Gasteiger partial charge in [0.15, 0.2) is 23.0 Å². The van der Waals surface area contributed by atoms with Crippen molar-refractivity contribution in [3.05, 3.63) is 48.8 Å². The van der Waals surface area contributed by atoms with E-state index in [1.807, 2.05) is 30.3 Å². The molecule has 0 unspecified atom stereocenters. The fraction of sp³-hybridized carbons (Fsp3) is 0.158. The van der Waals surface area contributed by atoms with Crippen LogP contribution in [-0.4, -0.2) is 30.3 Å². The zero-order valence-corrected chi connectivity index (χ0v) is 14.1. The van der Waals surface area contributed by atoms with Gasteiger partial charge in [0.1, 0.15) is 30.9 Å². The molecule has 0 aliphatic carbocycles. The van der Waals surface area contributed by atoms with E-state index in [9.17, 15) is 0 Å². The number of methoxy groups -OCH3 is 1. The number of nitrogens with two attached hydrogens (primary N) is 1. The van der Waals surface area contributed by atoms with E-state index in [1.165, 1.54) is 6.33 Å². The molecule has 0 radical (unpaired) electrons. The number of benzene rings is 2. The summed E-state index contributed by atoms with van der Waals surface area (Å²) in [6, 6.07) is 12.8. The van der Waals surface area contributed by atoms with Gasteiger partial charge >= 0.3 is 0 Å². The van der Waals surface area contributed by atoms with Crippen LogP contribution in [0.5, 0.6) is 28.9 Å². The molecule has 0 amide bonds. The van der Waals surface area contributed by atoms with Crippen molar-refractivity contribution in [2.24, 2.45) is 0 Å². The highest BCUT2D eigenvalue weighted by Crippen LogP contribution is 2.39. The van der Waals surface area contributed by atoms with Crippen molar-refractivity contribution in [2.45, 2.75) is 0 Å². The zero-order valence-electron chi connectivity index (χ0n) is 14.1. The molecule has 0 fully saturated rings. The molecular weight excluding hydrogens is 334 g/mol. The highest BCUT2D eigenvalue weighted by atomic mass is 16.6. The number of hydrogen-bond donors (Lipinski definition) is 1. The Hall–Kier alpha value is -3.48. The molecule has 0 saturated carbocycles. The Morgan fingerprint density at radius 1 is 0.962 bits per heavy atom. The molecule has 1 aromatic heterocycles. The normalized spacial score (nSPS) is 12.5. The van der Waals surface area contributed by atoms with Crippen LogP contribution in [-0.2, 0) is 0 Å². The smallest absolute Gasteiger partial charge is 0.246 e. The summed E-state index contributed by atoms with van der Waals surface area (Å²) < 4.78 is 22.3. The number of fused-ring (bicyclic) bond motifs is 1. The maximum atomic E-state index is 6.27. The molecule has 2 aromatic carbocycles. The average molecular weight is 351 g/mol. The van der Waals surface area contributed by atoms with Gasteiger partial charge in [-0.05, 0) is 30.3 Å². The fourth-order valence-corrected chi connectivity index (χ4v) is 2.69. The minimum absolute atomic E-state index is 0.259. The van der Waals surface area contributed by atoms with Gasteiger partial charge in [-0.2, -0.15) is 4.98 Å². The fourth-order valence-electron chi connectivity index (χ4n) is 2.69. The van der Waals surface area contributed by atoms with Crippen LogP contribution in [0.4, 0.5) is 5.69 Å². The average Bonchev–Trinajstić information content (AvgIpc) is 2.69. The van der Waals surface area contributed by atoms with Gasteiger partial charge < -0.3 is 24.7 Å². The molecule has 26 heavy (non-hydrogen) atoms. The lowest BCUT2D eigenvalue weighted by Crippen LogP contribution is -2.15. The number of anilines is 1. The van der Waals surface area contributed by atoms with E-state index in [0.717, 1.165) is 5.56 Å². The largest absolute Gasteiger partial charge is 0.493 e. The molecule has 2 N–H and O–H groups in total. The molecule has 0 bridgehead atoms. The Kier molecular flexibility index (Phi) is 4.18. The van der Waals surface area contributed by atoms with Crippen molar-refractivity contribution in [1.82, 2.24) is 9.97 Å². The van der Waals surface area contributed by atoms with Gasteiger partial charge in [0.25, 0.3) is 0 Å². The van der Waals surface area contributed by atoms with E-state index in [-0.39, 0.29) is 5.88 Å². The summed E-state index contributed by atoms with van der Waals surface area (Å²) >= 11 is 0. The Morgan fingerprint density at radius 3 is 2.54 bits per heavy atom. The topological polar surface area (TPSA) is 88.7 Å². The van der Waals surface area contributed by atoms with Crippen LogP contribution in [0.25, 0.3) is 11.3 Å². The summed E-state index contributed by atoms with van der Waals surface area (Å²) in [6.45, 7) is 1.05. The molecule has 1 aliphatic heterocycles. The molecule has 0 atom stereocenters. The van der Waals surface area contributed by atoms with Crippen LogP contribution in [0.1, 0.15) is 0 Å². The lowest BCUT2D eigenvalue weighted by atomic mass is 10.1. The first-order chi connectivity index (χ1) is 12.8. The summed E-state index contributed by atoms with van der Waals surface area (Å²) in [5.41, 5.74) is 7.94. The predicted octanol–water partition coefficient (Wildman–Crippen LogP) is 3.30. The van der Waals surface area contributed by atoms with Crippen LogP contribution >= 0.6 is 0 Å². The van der Waals surface area contributed by atoms with Crippen LogP contribution in [0, 0.1) is 0 Å². The minimum atomic E-state index is 0.259. The third-order valence-electron chi connectivity index (χ3n) is 3.94. The SMILES string of the molecule is COc1ccccc1Oc1ncnc(-c2ccc3c(c2)OCCO3)c1N. The monoisotopic (exact) mass is 351 g/mol. The van der Waals surface area contributed by atoms with Crippen LogP contribution in [0.15, 0.2) is 48.8 Å². The molecule has 0 saturated heterocycles. The number of hydrogen-bond acceptors (Lipinski definition) is 7. The quantitative estimate of drug-likeness (QED) is 0.771. The Balaban J connectivity index is 1.70. The summed E-state index contributed by atoms with van der Waals surface area (Å²) in [6.07, 6.45) is 1.41. The van der Waals surface area contributed by atoms with Gasteiger partial charge in [0, 0.05) is 5.56 Å². The van der Waals surface area contributed by atoms with Crippen molar-refractivity contribution in [2.75, 3.05) is 26.1 Å². The molecule has 2 heterocycles. The molecule has 3 aromatic rings. The third-order valence-corrected chi connectivity index (χ3v) is 3.94. The second-order valence-corrected chi connectivity index (χ2v) is 5.55. The zero-order chi connectivity index (χ0) is 17.9. The molecule has 1 aliphatic rings. The number of rotatable bonds is 4. The standard InChI is InChI=1S/C19H17N3O4/c1-23-13-4-2-3-5-15(13)26-19-17(20)18(21-11-22-19)12-6-7-14-16(10-12)25-9-8-24-14/h2-7,10-11H,8-9,20H2,1H3. The van der Waals surface area contributed by atoms with Gasteiger partial charge in [-0.25, -0.2) is 4.98 Å². The summed E-state index contributed by atoms with van der Waals surface area (Å²) in [5, 5.41) is 0. The number of ether oxygens (including phenoxy) is 4. The Morgan fingerprint density at radius 2 is 1.73 bits per heavy atom. The van der Waals surface area contributed by atoms with Gasteiger partial charge in [-0.1, -0.05) is 12.1 Å². The summed E-state index contributed by atoms with van der Waals surface area (Å²) in [5.74, 6) is 2.74. The van der Waals surface area contributed by atoms with E-state index >= 15 is 0 Å².